The van der Waals surface area contributed by atoms with Gasteiger partial charge < -0.3 is 0 Å². The van der Waals surface area contributed by atoms with Crippen LogP contribution in [0.15, 0.2) is 36.9 Å². The molecule has 0 amide bonds. The lowest BCUT2D eigenvalue weighted by molar-refractivity contribution is 1.67. The first-order valence-electron chi connectivity index (χ1n) is 2.61. The van der Waals surface area contributed by atoms with Gasteiger partial charge >= 0.3 is 0 Å². The summed E-state index contributed by atoms with van der Waals surface area (Å²) in [5, 5.41) is 0. The van der Waals surface area contributed by atoms with Crippen LogP contribution in [0, 0.1) is 0 Å². The molecule has 0 saturated carbocycles. The molecule has 1 atom stereocenters. The van der Waals surface area contributed by atoms with Gasteiger partial charge in [0.1, 0.15) is 0 Å². The number of hydrogen-bond acceptors (Lipinski definition) is 0. The minimum atomic E-state index is 0. The van der Waals surface area contributed by atoms with Crippen LogP contribution in [0.4, 0.5) is 0 Å². The van der Waals surface area contributed by atoms with Crippen LogP contribution in [-0.2, 0) is 0 Å². The highest BCUT2D eigenvalue weighted by Crippen LogP contribution is 1.97. The molecule has 2 heteroatoms. The number of halogens is 1. The number of rotatable bonds is 1. The molecule has 0 aromatic heterocycles. The van der Waals surface area contributed by atoms with E-state index in [1.54, 1.807) is 0 Å². The Bertz CT molecular complexity index is 172. The number of hydrogen-bond donors (Lipinski definition) is 0. The van der Waals surface area contributed by atoms with Gasteiger partial charge in [-0.3, -0.25) is 0 Å². The maximum absolute atomic E-state index is 3.63. The van der Waals surface area contributed by atoms with Gasteiger partial charge in [0.05, 0.1) is 0 Å². The van der Waals surface area contributed by atoms with Crippen molar-refractivity contribution in [1.82, 2.24) is 0 Å². The molecule has 0 aliphatic carbocycles. The maximum Gasteiger partial charge on any atom is -0.0263 e. The van der Waals surface area contributed by atoms with Gasteiger partial charge in [0, 0.05) is 0 Å². The van der Waals surface area contributed by atoms with Crippen LogP contribution in [0.3, 0.4) is 0 Å². The molecular weight excluding hydrogens is 254 g/mol. The first kappa shape index (κ1) is 12.8. The molecule has 0 aliphatic heterocycles. The van der Waals surface area contributed by atoms with Crippen molar-refractivity contribution in [1.29, 1.82) is 0 Å². The van der Waals surface area contributed by atoms with Crippen molar-refractivity contribution in [3.05, 3.63) is 42.5 Å². The van der Waals surface area contributed by atoms with Crippen LogP contribution in [0.25, 0.3) is 6.08 Å². The Morgan fingerprint density at radius 1 is 1.10 bits per heavy atom. The third-order valence-corrected chi connectivity index (χ3v) is 1.04. The minimum absolute atomic E-state index is 0. The Hall–Kier alpha value is 0.120. The predicted molar refractivity (Wildman–Crippen MR) is 63.1 cm³/mol. The second-order valence-electron chi connectivity index (χ2n) is 1.61. The van der Waals surface area contributed by atoms with Crippen molar-refractivity contribution < 1.29 is 0 Å². The van der Waals surface area contributed by atoms with Gasteiger partial charge in [0.15, 0.2) is 0 Å². The molecule has 0 nitrogen and oxygen atoms in total. The van der Waals surface area contributed by atoms with E-state index < -0.39 is 0 Å². The Balaban J connectivity index is 0. The smallest absolute Gasteiger partial charge is 0.0263 e. The van der Waals surface area contributed by atoms with Crippen molar-refractivity contribution in [3.63, 3.8) is 0 Å². The molecule has 0 bridgehead atoms. The topological polar surface area (TPSA) is 0 Å². The zero-order chi connectivity index (χ0) is 5.82. The van der Waals surface area contributed by atoms with Gasteiger partial charge in [-0.15, -0.1) is 24.0 Å². The highest BCUT2D eigenvalue weighted by atomic mass is 127. The average Bonchev–Trinajstić information content (AvgIpc) is 1.90. The highest BCUT2D eigenvalue weighted by Gasteiger charge is 1.75. The van der Waals surface area contributed by atoms with Crippen molar-refractivity contribution in [3.8, 4) is 0 Å². The summed E-state index contributed by atoms with van der Waals surface area (Å²) in [5.74, 6) is 0. The summed E-state index contributed by atoms with van der Waals surface area (Å²) in [5.41, 5.74) is 1.17. The third-order valence-electron chi connectivity index (χ3n) is 1.04. The van der Waals surface area contributed by atoms with Crippen LogP contribution in [0.2, 0.25) is 0 Å². The van der Waals surface area contributed by atoms with Gasteiger partial charge in [-0.05, 0) is 5.56 Å². The van der Waals surface area contributed by atoms with Gasteiger partial charge in [-0.1, -0.05) is 43.0 Å². The molecule has 0 radical (unpaired) electrons. The van der Waals surface area contributed by atoms with E-state index in [2.05, 4.69) is 6.58 Å². The van der Waals surface area contributed by atoms with E-state index in [1.807, 2.05) is 36.4 Å². The van der Waals surface area contributed by atoms with E-state index in [-0.39, 0.29) is 33.9 Å². The summed E-state index contributed by atoms with van der Waals surface area (Å²) in [6.07, 6.45) is 1.83. The van der Waals surface area contributed by atoms with Crippen molar-refractivity contribution >= 4 is 40.0 Å². The molecule has 10 heavy (non-hydrogen) atoms. The molecule has 0 saturated heterocycles. The first-order chi connectivity index (χ1) is 3.93. The van der Waals surface area contributed by atoms with Crippen LogP contribution in [0.5, 0.6) is 0 Å². The Kier molecular flexibility index (Phi) is 9.23. The summed E-state index contributed by atoms with van der Waals surface area (Å²) in [4.78, 5) is 0. The molecule has 0 aliphatic rings. The second kappa shape index (κ2) is 7.23. The quantitative estimate of drug-likeness (QED) is 0.541. The van der Waals surface area contributed by atoms with Crippen LogP contribution < -0.4 is 0 Å². The molecule has 1 unspecified atom stereocenters. The molecule has 0 N–H and O–H groups in total. The summed E-state index contributed by atoms with van der Waals surface area (Å²) < 4.78 is 0. The Morgan fingerprint density at radius 3 is 1.90 bits per heavy atom. The van der Waals surface area contributed by atoms with Crippen molar-refractivity contribution in [2.45, 2.75) is 0 Å². The fourth-order valence-corrected chi connectivity index (χ4v) is 0.589. The molecule has 0 heterocycles. The lowest BCUT2D eigenvalue weighted by Crippen LogP contribution is -1.63. The second-order valence-corrected chi connectivity index (χ2v) is 1.61. The van der Waals surface area contributed by atoms with Crippen molar-refractivity contribution in [2.24, 2.45) is 0 Å². The van der Waals surface area contributed by atoms with Crippen LogP contribution in [0.1, 0.15) is 5.56 Å². The predicted octanol–water partition coefficient (Wildman–Crippen LogP) is 3.01. The zero-order valence-electron chi connectivity index (χ0n) is 5.79. The first-order valence-corrected chi connectivity index (χ1v) is 2.61. The summed E-state index contributed by atoms with van der Waals surface area (Å²) in [6, 6.07) is 10.0. The maximum atomic E-state index is 3.63. The van der Waals surface area contributed by atoms with Gasteiger partial charge in [-0.2, -0.15) is 9.90 Å². The Labute approximate surface area is 82.4 Å². The van der Waals surface area contributed by atoms with E-state index in [0.29, 0.717) is 0 Å². The summed E-state index contributed by atoms with van der Waals surface area (Å²) in [6.45, 7) is 3.63. The number of benzene rings is 1. The lowest BCUT2D eigenvalue weighted by Gasteiger charge is -1.85. The highest BCUT2D eigenvalue weighted by molar-refractivity contribution is 14.0. The molecule has 1 aromatic rings. The monoisotopic (exact) mass is 266 g/mol. The van der Waals surface area contributed by atoms with E-state index in [4.69, 9.17) is 0 Å². The van der Waals surface area contributed by atoms with E-state index >= 15 is 0 Å². The van der Waals surface area contributed by atoms with Gasteiger partial charge in [-0.25, -0.2) is 0 Å². The average molecular weight is 266 g/mol. The van der Waals surface area contributed by atoms with Crippen molar-refractivity contribution in [2.75, 3.05) is 0 Å². The van der Waals surface area contributed by atoms with Gasteiger partial charge in [0.25, 0.3) is 0 Å². The zero-order valence-corrected chi connectivity index (χ0v) is 9.53. The van der Waals surface area contributed by atoms with E-state index in [9.17, 15) is 0 Å². The van der Waals surface area contributed by atoms with Gasteiger partial charge in [0.2, 0.25) is 0 Å². The molecule has 1 rings (SSSR count). The molecular formula is C8H12IP. The fourth-order valence-electron chi connectivity index (χ4n) is 0.589. The Morgan fingerprint density at radius 2 is 1.60 bits per heavy atom. The molecule has 1 aromatic carbocycles. The largest absolute Gasteiger partial charge is 0.153 e. The van der Waals surface area contributed by atoms with Crippen LogP contribution in [-0.4, -0.2) is 0 Å². The molecule has 0 fully saturated rings. The summed E-state index contributed by atoms with van der Waals surface area (Å²) >= 11 is 0. The molecule has 56 valence electrons. The van der Waals surface area contributed by atoms with E-state index in [1.165, 1.54) is 5.56 Å². The SMILES string of the molecule is C=Cc1ccccc1.I.P. The lowest BCUT2D eigenvalue weighted by atomic mass is 10.2. The molecule has 0 spiro atoms. The third kappa shape index (κ3) is 4.02. The van der Waals surface area contributed by atoms with Crippen LogP contribution >= 0.6 is 33.9 Å². The summed E-state index contributed by atoms with van der Waals surface area (Å²) in [7, 11) is 0. The normalized spacial score (nSPS) is 6.80. The fraction of sp³-hybridized carbons (Fsp3) is 0. The van der Waals surface area contributed by atoms with E-state index in [0.717, 1.165) is 0 Å². The minimum Gasteiger partial charge on any atom is -0.153 e. The standard InChI is InChI=1S/C8H8.HI.H3P/c1-2-8-6-4-3-5-7-8;;/h2-7H,1H2;1H;1H3.